The second-order valence-electron chi connectivity index (χ2n) is 4.90. The van der Waals surface area contributed by atoms with Crippen molar-refractivity contribution in [3.63, 3.8) is 0 Å². The van der Waals surface area contributed by atoms with Gasteiger partial charge in [-0.15, -0.1) is 0 Å². The maximum atomic E-state index is 11.0. The Balaban J connectivity index is 1.78. The molecular formula is C11H20N2O3. The molecule has 0 aromatic rings. The van der Waals surface area contributed by atoms with Gasteiger partial charge in [-0.2, -0.15) is 0 Å². The Bertz CT molecular complexity index is 256. The van der Waals surface area contributed by atoms with Crippen LogP contribution in [0.25, 0.3) is 0 Å². The number of aliphatic carboxylic acids is 1. The van der Waals surface area contributed by atoms with Crippen molar-refractivity contribution >= 4 is 5.97 Å². The number of hydrogen-bond donors (Lipinski definition) is 2. The summed E-state index contributed by atoms with van der Waals surface area (Å²) in [4.78, 5) is 13.2. The molecule has 0 aromatic carbocycles. The normalized spacial score (nSPS) is 30.4. The smallest absolute Gasteiger partial charge is 0.323 e. The highest BCUT2D eigenvalue weighted by Crippen LogP contribution is 2.22. The minimum atomic E-state index is -1.01. The van der Waals surface area contributed by atoms with Crippen LogP contribution >= 0.6 is 0 Å². The lowest BCUT2D eigenvalue weighted by Crippen LogP contribution is -2.56. The van der Waals surface area contributed by atoms with Gasteiger partial charge in [0.15, 0.2) is 0 Å². The molecule has 0 aromatic heterocycles. The Hall–Kier alpha value is -0.650. The van der Waals surface area contributed by atoms with E-state index in [0.717, 1.165) is 39.1 Å². The zero-order valence-corrected chi connectivity index (χ0v) is 9.52. The zero-order valence-electron chi connectivity index (χ0n) is 9.52. The second-order valence-corrected chi connectivity index (χ2v) is 4.90. The first-order chi connectivity index (χ1) is 7.60. The number of likely N-dealkylation sites (tertiary alicyclic amines) is 1. The van der Waals surface area contributed by atoms with Gasteiger partial charge in [0.2, 0.25) is 0 Å². The molecule has 0 spiro atoms. The summed E-state index contributed by atoms with van der Waals surface area (Å²) >= 11 is 0. The van der Waals surface area contributed by atoms with Gasteiger partial charge < -0.3 is 20.5 Å². The van der Waals surface area contributed by atoms with Gasteiger partial charge in [-0.1, -0.05) is 0 Å². The molecule has 0 amide bonds. The number of carboxylic acids is 1. The molecule has 0 radical (unpaired) electrons. The van der Waals surface area contributed by atoms with E-state index >= 15 is 0 Å². The number of nitrogens with two attached hydrogens (primary N) is 1. The van der Waals surface area contributed by atoms with Crippen molar-refractivity contribution in [2.45, 2.75) is 37.3 Å². The summed E-state index contributed by atoms with van der Waals surface area (Å²) in [5, 5.41) is 9.00. The van der Waals surface area contributed by atoms with Gasteiger partial charge >= 0.3 is 5.97 Å². The average molecular weight is 228 g/mol. The summed E-state index contributed by atoms with van der Waals surface area (Å²) in [5.41, 5.74) is 4.81. The van der Waals surface area contributed by atoms with E-state index in [4.69, 9.17) is 15.6 Å². The Morgan fingerprint density at radius 3 is 2.69 bits per heavy atom. The molecule has 5 nitrogen and oxygen atoms in total. The maximum absolute atomic E-state index is 11.0. The van der Waals surface area contributed by atoms with Crippen molar-refractivity contribution in [2.24, 2.45) is 5.73 Å². The summed E-state index contributed by atoms with van der Waals surface area (Å²) < 4.78 is 5.57. The van der Waals surface area contributed by atoms with Crippen molar-refractivity contribution in [1.29, 1.82) is 0 Å². The average Bonchev–Trinajstić information content (AvgIpc) is 2.74. The predicted molar refractivity (Wildman–Crippen MR) is 59.2 cm³/mol. The summed E-state index contributed by atoms with van der Waals surface area (Å²) in [7, 11) is 0. The molecule has 0 bridgehead atoms. The van der Waals surface area contributed by atoms with Crippen LogP contribution in [0.5, 0.6) is 0 Å². The zero-order chi connectivity index (χ0) is 11.6. The van der Waals surface area contributed by atoms with Crippen molar-refractivity contribution < 1.29 is 14.6 Å². The van der Waals surface area contributed by atoms with E-state index in [-0.39, 0.29) is 0 Å². The molecule has 2 aliphatic rings. The van der Waals surface area contributed by atoms with Crippen LogP contribution in [-0.2, 0) is 9.53 Å². The van der Waals surface area contributed by atoms with Crippen molar-refractivity contribution in [2.75, 3.05) is 26.2 Å². The number of rotatable bonds is 3. The third-order valence-electron chi connectivity index (χ3n) is 3.66. The molecule has 1 unspecified atom stereocenters. The van der Waals surface area contributed by atoms with E-state index in [1.54, 1.807) is 0 Å². The van der Waals surface area contributed by atoms with Crippen molar-refractivity contribution in [3.8, 4) is 0 Å². The third kappa shape index (κ3) is 2.53. The first kappa shape index (κ1) is 11.8. The number of piperidine rings is 1. The van der Waals surface area contributed by atoms with Gasteiger partial charge in [-0.3, -0.25) is 4.79 Å². The molecule has 2 fully saturated rings. The van der Waals surface area contributed by atoms with Crippen LogP contribution in [0.1, 0.15) is 25.7 Å². The summed E-state index contributed by atoms with van der Waals surface area (Å²) in [5.74, 6) is -0.871. The van der Waals surface area contributed by atoms with Crippen LogP contribution in [-0.4, -0.2) is 53.9 Å². The summed E-state index contributed by atoms with van der Waals surface area (Å²) in [6, 6.07) is 0. The lowest BCUT2D eigenvalue weighted by molar-refractivity contribution is -0.145. The molecule has 2 saturated heterocycles. The van der Waals surface area contributed by atoms with Gasteiger partial charge in [-0.25, -0.2) is 0 Å². The van der Waals surface area contributed by atoms with E-state index in [2.05, 4.69) is 4.90 Å². The topological polar surface area (TPSA) is 75.8 Å². The first-order valence-electron chi connectivity index (χ1n) is 5.96. The summed E-state index contributed by atoms with van der Waals surface area (Å²) in [6.45, 7) is 3.33. The molecule has 2 rings (SSSR count). The van der Waals surface area contributed by atoms with Crippen LogP contribution in [0.3, 0.4) is 0 Å². The van der Waals surface area contributed by atoms with Crippen molar-refractivity contribution in [3.05, 3.63) is 0 Å². The quantitative estimate of drug-likeness (QED) is 0.713. The van der Waals surface area contributed by atoms with Gasteiger partial charge in [0.1, 0.15) is 5.54 Å². The number of hydrogen-bond acceptors (Lipinski definition) is 4. The van der Waals surface area contributed by atoms with Gasteiger partial charge in [-0.05, 0) is 25.7 Å². The molecule has 0 aliphatic carbocycles. The molecule has 2 aliphatic heterocycles. The Morgan fingerprint density at radius 2 is 2.19 bits per heavy atom. The van der Waals surface area contributed by atoms with E-state index in [1.165, 1.54) is 0 Å². The molecule has 2 heterocycles. The molecule has 3 N–H and O–H groups in total. The third-order valence-corrected chi connectivity index (χ3v) is 3.66. The predicted octanol–water partition coefficient (Wildman–Crippen LogP) is 0.0433. The lowest BCUT2D eigenvalue weighted by Gasteiger charge is -2.37. The van der Waals surface area contributed by atoms with Crippen LogP contribution in [0.2, 0.25) is 0 Å². The monoisotopic (exact) mass is 228 g/mol. The minimum Gasteiger partial charge on any atom is -0.480 e. The summed E-state index contributed by atoms with van der Waals surface area (Å²) in [6.07, 6.45) is 3.69. The fourth-order valence-corrected chi connectivity index (χ4v) is 2.42. The molecule has 5 heteroatoms. The molecule has 1 atom stereocenters. The number of ether oxygens (including phenoxy) is 1. The minimum absolute atomic E-state index is 0.343. The fraction of sp³-hybridized carbons (Fsp3) is 0.909. The van der Waals surface area contributed by atoms with E-state index in [1.807, 2.05) is 0 Å². The molecular weight excluding hydrogens is 208 g/mol. The van der Waals surface area contributed by atoms with Crippen LogP contribution < -0.4 is 5.73 Å². The Labute approximate surface area is 95.5 Å². The van der Waals surface area contributed by atoms with Crippen LogP contribution in [0, 0.1) is 0 Å². The molecule has 16 heavy (non-hydrogen) atoms. The van der Waals surface area contributed by atoms with E-state index < -0.39 is 11.5 Å². The maximum Gasteiger partial charge on any atom is 0.323 e. The highest BCUT2D eigenvalue weighted by atomic mass is 16.5. The molecule has 92 valence electrons. The highest BCUT2D eigenvalue weighted by Gasteiger charge is 2.38. The highest BCUT2D eigenvalue weighted by molar-refractivity contribution is 5.78. The second kappa shape index (κ2) is 4.69. The Kier molecular flexibility index (Phi) is 3.47. The lowest BCUT2D eigenvalue weighted by atomic mass is 9.88. The number of carbonyl (C=O) groups is 1. The van der Waals surface area contributed by atoms with Gasteiger partial charge in [0, 0.05) is 26.2 Å². The van der Waals surface area contributed by atoms with E-state index in [9.17, 15) is 4.79 Å². The first-order valence-corrected chi connectivity index (χ1v) is 5.96. The van der Waals surface area contributed by atoms with Gasteiger partial charge in [0.05, 0.1) is 6.10 Å². The fourth-order valence-electron chi connectivity index (χ4n) is 2.42. The molecule has 0 saturated carbocycles. The van der Waals surface area contributed by atoms with E-state index in [0.29, 0.717) is 18.9 Å². The standard InChI is InChI=1S/C11H20N2O3/c12-11(10(14)15)3-5-13(6-4-11)8-9-2-1-7-16-9/h9H,1-8,12H2,(H,14,15). The van der Waals surface area contributed by atoms with Gasteiger partial charge in [0.25, 0.3) is 0 Å². The number of carboxylic acid groups (broad SMARTS) is 1. The number of nitrogens with zero attached hydrogens (tertiary/aromatic N) is 1. The largest absolute Gasteiger partial charge is 0.480 e. The van der Waals surface area contributed by atoms with Crippen LogP contribution in [0.4, 0.5) is 0 Å². The SMILES string of the molecule is NC1(C(=O)O)CCN(CC2CCCO2)CC1. The Morgan fingerprint density at radius 1 is 1.50 bits per heavy atom. The van der Waals surface area contributed by atoms with Crippen molar-refractivity contribution in [1.82, 2.24) is 4.90 Å². The van der Waals surface area contributed by atoms with Crippen LogP contribution in [0.15, 0.2) is 0 Å².